The standard InChI is InChI=1S/C13H14F2/c1-9-2-4-10(5-3-9)12-7-6-11(14)8-13(12)15/h6-8,10H,1-5H2. The van der Waals surface area contributed by atoms with Crippen LogP contribution in [0.1, 0.15) is 37.2 Å². The molecule has 2 rings (SSSR count). The first-order chi connectivity index (χ1) is 7.16. The Bertz CT molecular complexity index is 372. The zero-order chi connectivity index (χ0) is 10.8. The van der Waals surface area contributed by atoms with Crippen LogP contribution in [0.25, 0.3) is 0 Å². The van der Waals surface area contributed by atoms with Crippen molar-refractivity contribution in [2.45, 2.75) is 31.6 Å². The van der Waals surface area contributed by atoms with Gasteiger partial charge in [-0.3, -0.25) is 0 Å². The molecule has 0 aromatic heterocycles. The van der Waals surface area contributed by atoms with E-state index in [1.54, 1.807) is 6.07 Å². The molecule has 0 heterocycles. The first kappa shape index (κ1) is 10.3. The van der Waals surface area contributed by atoms with Crippen LogP contribution >= 0.6 is 0 Å². The molecule has 1 fully saturated rings. The van der Waals surface area contributed by atoms with Crippen LogP contribution in [0.3, 0.4) is 0 Å². The molecule has 2 heteroatoms. The average molecular weight is 208 g/mol. The molecule has 0 atom stereocenters. The van der Waals surface area contributed by atoms with Crippen molar-refractivity contribution >= 4 is 0 Å². The van der Waals surface area contributed by atoms with Crippen molar-refractivity contribution in [2.24, 2.45) is 0 Å². The van der Waals surface area contributed by atoms with E-state index in [9.17, 15) is 8.78 Å². The number of rotatable bonds is 1. The molecule has 0 aliphatic heterocycles. The first-order valence-electron chi connectivity index (χ1n) is 5.28. The van der Waals surface area contributed by atoms with Gasteiger partial charge in [0.2, 0.25) is 0 Å². The van der Waals surface area contributed by atoms with Crippen molar-refractivity contribution in [3.05, 3.63) is 47.5 Å². The SMILES string of the molecule is C=C1CCC(c2ccc(F)cc2F)CC1. The normalized spacial score (nSPS) is 18.1. The first-order valence-corrected chi connectivity index (χ1v) is 5.28. The molecule has 0 radical (unpaired) electrons. The van der Waals surface area contributed by atoms with Crippen molar-refractivity contribution in [1.82, 2.24) is 0 Å². The monoisotopic (exact) mass is 208 g/mol. The highest BCUT2D eigenvalue weighted by atomic mass is 19.1. The molecule has 0 amide bonds. The second kappa shape index (κ2) is 4.13. The molecule has 1 aliphatic carbocycles. The minimum absolute atomic E-state index is 0.232. The lowest BCUT2D eigenvalue weighted by atomic mass is 9.82. The fourth-order valence-electron chi connectivity index (χ4n) is 2.17. The average Bonchev–Trinajstić information content (AvgIpc) is 2.20. The van der Waals surface area contributed by atoms with Gasteiger partial charge < -0.3 is 0 Å². The molecule has 0 N–H and O–H groups in total. The van der Waals surface area contributed by atoms with Gasteiger partial charge in [-0.05, 0) is 43.2 Å². The highest BCUT2D eigenvalue weighted by Crippen LogP contribution is 2.35. The third-order valence-electron chi connectivity index (χ3n) is 3.10. The molecule has 1 saturated carbocycles. The minimum Gasteiger partial charge on any atom is -0.207 e. The van der Waals surface area contributed by atoms with Crippen LogP contribution in [0.15, 0.2) is 30.4 Å². The molecule has 1 aliphatic rings. The molecular formula is C13H14F2. The van der Waals surface area contributed by atoms with Gasteiger partial charge in [-0.25, -0.2) is 8.78 Å². The summed E-state index contributed by atoms with van der Waals surface area (Å²) in [5.41, 5.74) is 1.90. The summed E-state index contributed by atoms with van der Waals surface area (Å²) in [4.78, 5) is 0. The molecule has 1 aromatic carbocycles. The Balaban J connectivity index is 2.19. The lowest BCUT2D eigenvalue weighted by molar-refractivity contribution is 0.485. The van der Waals surface area contributed by atoms with Gasteiger partial charge in [-0.1, -0.05) is 18.2 Å². The summed E-state index contributed by atoms with van der Waals surface area (Å²) in [6.07, 6.45) is 3.78. The van der Waals surface area contributed by atoms with Gasteiger partial charge in [0.05, 0.1) is 0 Å². The van der Waals surface area contributed by atoms with Crippen molar-refractivity contribution in [2.75, 3.05) is 0 Å². The molecular weight excluding hydrogens is 194 g/mol. The third-order valence-corrected chi connectivity index (χ3v) is 3.10. The molecule has 0 nitrogen and oxygen atoms in total. The fraction of sp³-hybridized carbons (Fsp3) is 0.385. The Morgan fingerprint density at radius 1 is 1.13 bits per heavy atom. The predicted molar refractivity (Wildman–Crippen MR) is 56.7 cm³/mol. The quantitative estimate of drug-likeness (QED) is 0.607. The van der Waals surface area contributed by atoms with Crippen LogP contribution in [0.5, 0.6) is 0 Å². The Hall–Kier alpha value is -1.18. The lowest BCUT2D eigenvalue weighted by Gasteiger charge is -2.23. The van der Waals surface area contributed by atoms with Crippen molar-refractivity contribution in [3.63, 3.8) is 0 Å². The van der Waals surface area contributed by atoms with Crippen LogP contribution in [-0.2, 0) is 0 Å². The van der Waals surface area contributed by atoms with Gasteiger partial charge in [-0.15, -0.1) is 0 Å². The minimum atomic E-state index is -0.503. The zero-order valence-electron chi connectivity index (χ0n) is 8.60. The van der Waals surface area contributed by atoms with E-state index < -0.39 is 11.6 Å². The highest BCUT2D eigenvalue weighted by molar-refractivity contribution is 5.24. The third kappa shape index (κ3) is 2.25. The van der Waals surface area contributed by atoms with Gasteiger partial charge >= 0.3 is 0 Å². The summed E-state index contributed by atoms with van der Waals surface area (Å²) in [6.45, 7) is 3.93. The van der Waals surface area contributed by atoms with Gasteiger partial charge in [0.1, 0.15) is 11.6 Å². The summed E-state index contributed by atoms with van der Waals surface area (Å²) in [6, 6.07) is 3.88. The Kier molecular flexibility index (Phi) is 2.85. The van der Waals surface area contributed by atoms with E-state index >= 15 is 0 Å². The van der Waals surface area contributed by atoms with Crippen LogP contribution in [0, 0.1) is 11.6 Å². The summed E-state index contributed by atoms with van der Waals surface area (Å²) in [5.74, 6) is -0.680. The van der Waals surface area contributed by atoms with Crippen LogP contribution in [0.4, 0.5) is 8.78 Å². The lowest BCUT2D eigenvalue weighted by Crippen LogP contribution is -2.08. The maximum Gasteiger partial charge on any atom is 0.129 e. The molecule has 0 bridgehead atoms. The van der Waals surface area contributed by atoms with E-state index in [1.165, 1.54) is 11.6 Å². The second-order valence-corrected chi connectivity index (χ2v) is 4.19. The van der Waals surface area contributed by atoms with Gasteiger partial charge in [0.15, 0.2) is 0 Å². The van der Waals surface area contributed by atoms with E-state index in [1.807, 2.05) is 0 Å². The van der Waals surface area contributed by atoms with Crippen molar-refractivity contribution in [1.29, 1.82) is 0 Å². The summed E-state index contributed by atoms with van der Waals surface area (Å²) < 4.78 is 26.2. The Morgan fingerprint density at radius 3 is 2.40 bits per heavy atom. The van der Waals surface area contributed by atoms with Gasteiger partial charge in [0.25, 0.3) is 0 Å². The van der Waals surface area contributed by atoms with E-state index in [0.717, 1.165) is 31.7 Å². The zero-order valence-corrected chi connectivity index (χ0v) is 8.60. The molecule has 0 unspecified atom stereocenters. The smallest absolute Gasteiger partial charge is 0.129 e. The van der Waals surface area contributed by atoms with E-state index in [0.29, 0.717) is 5.56 Å². The fourth-order valence-corrected chi connectivity index (χ4v) is 2.17. The van der Waals surface area contributed by atoms with Crippen molar-refractivity contribution in [3.8, 4) is 0 Å². The maximum atomic E-state index is 13.5. The number of hydrogen-bond donors (Lipinski definition) is 0. The number of hydrogen-bond acceptors (Lipinski definition) is 0. The van der Waals surface area contributed by atoms with E-state index in [-0.39, 0.29) is 5.92 Å². The second-order valence-electron chi connectivity index (χ2n) is 4.19. The predicted octanol–water partition coefficient (Wildman–Crippen LogP) is 4.18. The molecule has 80 valence electrons. The molecule has 0 saturated heterocycles. The Morgan fingerprint density at radius 2 is 1.80 bits per heavy atom. The molecule has 0 spiro atoms. The van der Waals surface area contributed by atoms with Gasteiger partial charge in [-0.2, -0.15) is 0 Å². The maximum absolute atomic E-state index is 13.5. The topological polar surface area (TPSA) is 0 Å². The highest BCUT2D eigenvalue weighted by Gasteiger charge is 2.20. The van der Waals surface area contributed by atoms with Gasteiger partial charge in [0, 0.05) is 6.07 Å². The summed E-state index contributed by atoms with van der Waals surface area (Å²) in [5, 5.41) is 0. The van der Waals surface area contributed by atoms with E-state index in [2.05, 4.69) is 6.58 Å². The molecule has 1 aromatic rings. The molecule has 15 heavy (non-hydrogen) atoms. The largest absolute Gasteiger partial charge is 0.207 e. The van der Waals surface area contributed by atoms with E-state index in [4.69, 9.17) is 0 Å². The van der Waals surface area contributed by atoms with Crippen molar-refractivity contribution < 1.29 is 8.78 Å². The summed E-state index contributed by atoms with van der Waals surface area (Å²) >= 11 is 0. The van der Waals surface area contributed by atoms with Crippen LogP contribution in [-0.4, -0.2) is 0 Å². The summed E-state index contributed by atoms with van der Waals surface area (Å²) in [7, 11) is 0. The Labute approximate surface area is 88.6 Å². The van der Waals surface area contributed by atoms with Crippen LogP contribution in [0.2, 0.25) is 0 Å². The number of benzene rings is 1. The number of allylic oxidation sites excluding steroid dienone is 1. The van der Waals surface area contributed by atoms with Crippen LogP contribution < -0.4 is 0 Å². The number of halogens is 2.